The van der Waals surface area contributed by atoms with E-state index in [0.717, 1.165) is 5.92 Å². The SMILES string of the molecule is CC1[CH]SC1. The molecule has 0 spiro atoms. The van der Waals surface area contributed by atoms with E-state index in [-0.39, 0.29) is 0 Å². The van der Waals surface area contributed by atoms with Gasteiger partial charge in [0.15, 0.2) is 0 Å². The van der Waals surface area contributed by atoms with Crippen molar-refractivity contribution in [2.75, 3.05) is 5.75 Å². The molecule has 5 heavy (non-hydrogen) atoms. The molecule has 0 aromatic heterocycles. The summed E-state index contributed by atoms with van der Waals surface area (Å²) in [6, 6.07) is 0. The molecule has 1 saturated heterocycles. The van der Waals surface area contributed by atoms with Crippen molar-refractivity contribution in [1.29, 1.82) is 0 Å². The third kappa shape index (κ3) is 0.596. The van der Waals surface area contributed by atoms with Crippen LogP contribution in [0.15, 0.2) is 0 Å². The van der Waals surface area contributed by atoms with E-state index >= 15 is 0 Å². The summed E-state index contributed by atoms with van der Waals surface area (Å²) in [6.07, 6.45) is 0. The van der Waals surface area contributed by atoms with E-state index in [1.807, 2.05) is 11.8 Å². The predicted octanol–water partition coefficient (Wildman–Crippen LogP) is 1.53. The first kappa shape index (κ1) is 3.54. The Morgan fingerprint density at radius 1 is 2.00 bits per heavy atom. The van der Waals surface area contributed by atoms with Crippen LogP contribution in [0.3, 0.4) is 0 Å². The Balaban J connectivity index is 2.08. The molecule has 1 radical (unpaired) electrons. The third-order valence-electron chi connectivity index (χ3n) is 0.688. The van der Waals surface area contributed by atoms with Crippen molar-refractivity contribution >= 4 is 11.8 Å². The van der Waals surface area contributed by atoms with E-state index in [1.54, 1.807) is 0 Å². The van der Waals surface area contributed by atoms with Crippen molar-refractivity contribution in [3.05, 3.63) is 5.75 Å². The van der Waals surface area contributed by atoms with Crippen molar-refractivity contribution in [1.82, 2.24) is 0 Å². The van der Waals surface area contributed by atoms with Gasteiger partial charge < -0.3 is 0 Å². The van der Waals surface area contributed by atoms with Crippen LogP contribution in [0.25, 0.3) is 0 Å². The fourth-order valence-electron chi connectivity index (χ4n) is 0.289. The molecular formula is C4H7S. The molecule has 0 N–H and O–H groups in total. The standard InChI is InChI=1S/C4H7S/c1-4-2-5-3-4/h2,4H,3H2,1H3. The first-order valence-electron chi connectivity index (χ1n) is 1.84. The van der Waals surface area contributed by atoms with Gasteiger partial charge in [-0.15, -0.1) is 0 Å². The molecule has 29 valence electrons. The molecule has 1 atom stereocenters. The monoisotopic (exact) mass is 87.0 g/mol. The summed E-state index contributed by atoms with van der Waals surface area (Å²) < 4.78 is 0. The van der Waals surface area contributed by atoms with Crippen LogP contribution in [-0.4, -0.2) is 5.75 Å². The molecule has 0 aromatic carbocycles. The Labute approximate surface area is 37.0 Å². The largest absolute Gasteiger partial charge is 0.157 e. The number of hydrogen-bond acceptors (Lipinski definition) is 1. The van der Waals surface area contributed by atoms with Crippen molar-refractivity contribution < 1.29 is 0 Å². The highest BCUT2D eigenvalue weighted by Gasteiger charge is 2.10. The molecular weight excluding hydrogens is 80.1 g/mol. The maximum absolute atomic E-state index is 2.26. The second-order valence-corrected chi connectivity index (χ2v) is 2.39. The summed E-state index contributed by atoms with van der Waals surface area (Å²) in [6.45, 7) is 2.23. The minimum Gasteiger partial charge on any atom is -0.157 e. The topological polar surface area (TPSA) is 0 Å². The highest BCUT2D eigenvalue weighted by Crippen LogP contribution is 2.28. The van der Waals surface area contributed by atoms with Crippen molar-refractivity contribution in [3.8, 4) is 0 Å². The first-order valence-corrected chi connectivity index (χ1v) is 2.89. The van der Waals surface area contributed by atoms with Gasteiger partial charge in [0.25, 0.3) is 0 Å². The molecule has 1 heteroatoms. The van der Waals surface area contributed by atoms with Gasteiger partial charge in [0, 0.05) is 5.75 Å². The lowest BCUT2D eigenvalue weighted by Crippen LogP contribution is -2.06. The van der Waals surface area contributed by atoms with Crippen LogP contribution in [0.2, 0.25) is 0 Å². The van der Waals surface area contributed by atoms with Crippen molar-refractivity contribution in [2.45, 2.75) is 6.92 Å². The molecule has 1 rings (SSSR count). The zero-order valence-electron chi connectivity index (χ0n) is 3.27. The molecule has 1 aliphatic rings. The van der Waals surface area contributed by atoms with Crippen LogP contribution in [0, 0.1) is 11.7 Å². The molecule has 1 fully saturated rings. The lowest BCUT2D eigenvalue weighted by Gasteiger charge is -2.17. The van der Waals surface area contributed by atoms with Crippen LogP contribution in [0.1, 0.15) is 6.92 Å². The van der Waals surface area contributed by atoms with Crippen LogP contribution < -0.4 is 0 Å². The Morgan fingerprint density at radius 2 is 2.40 bits per heavy atom. The molecule has 0 nitrogen and oxygen atoms in total. The second kappa shape index (κ2) is 1.21. The predicted molar refractivity (Wildman–Crippen MR) is 25.9 cm³/mol. The van der Waals surface area contributed by atoms with Crippen LogP contribution >= 0.6 is 11.8 Å². The fraction of sp³-hybridized carbons (Fsp3) is 0.750. The summed E-state index contributed by atoms with van der Waals surface area (Å²) >= 11 is 1.92. The summed E-state index contributed by atoms with van der Waals surface area (Å²) in [5.74, 6) is 4.51. The molecule has 1 aliphatic heterocycles. The molecule has 0 saturated carbocycles. The van der Waals surface area contributed by atoms with Crippen molar-refractivity contribution in [2.24, 2.45) is 5.92 Å². The average Bonchev–Trinajstić information content (AvgIpc) is 1.30. The summed E-state index contributed by atoms with van der Waals surface area (Å²) in [4.78, 5) is 0. The Hall–Kier alpha value is 0.350. The lowest BCUT2D eigenvalue weighted by atomic mass is 10.2. The van der Waals surface area contributed by atoms with Gasteiger partial charge in [-0.25, -0.2) is 0 Å². The van der Waals surface area contributed by atoms with Gasteiger partial charge in [-0.05, 0) is 11.7 Å². The van der Waals surface area contributed by atoms with E-state index in [9.17, 15) is 0 Å². The normalized spacial score (nSPS) is 25.8. The molecule has 0 aromatic rings. The van der Waals surface area contributed by atoms with E-state index in [2.05, 4.69) is 12.7 Å². The third-order valence-corrected chi connectivity index (χ3v) is 2.06. The first-order chi connectivity index (χ1) is 2.39. The zero-order chi connectivity index (χ0) is 3.70. The van der Waals surface area contributed by atoms with Crippen LogP contribution in [0.5, 0.6) is 0 Å². The molecule has 0 amide bonds. The molecule has 0 bridgehead atoms. The Morgan fingerprint density at radius 3 is 2.40 bits per heavy atom. The number of thioether (sulfide) groups is 1. The lowest BCUT2D eigenvalue weighted by molar-refractivity contribution is 0.791. The minimum atomic E-state index is 0.903. The Bertz CT molecular complexity index is 30.6. The summed E-state index contributed by atoms with van der Waals surface area (Å²) in [7, 11) is 0. The van der Waals surface area contributed by atoms with Gasteiger partial charge in [-0.3, -0.25) is 0 Å². The van der Waals surface area contributed by atoms with Gasteiger partial charge >= 0.3 is 0 Å². The molecule has 1 heterocycles. The summed E-state index contributed by atoms with van der Waals surface area (Å²) in [5, 5.41) is 0. The quantitative estimate of drug-likeness (QED) is 0.432. The van der Waals surface area contributed by atoms with Gasteiger partial charge in [0.2, 0.25) is 0 Å². The van der Waals surface area contributed by atoms with Gasteiger partial charge in [-0.2, -0.15) is 11.8 Å². The highest BCUT2D eigenvalue weighted by atomic mass is 32.2. The number of rotatable bonds is 0. The number of hydrogen-bond donors (Lipinski definition) is 0. The van der Waals surface area contributed by atoms with Crippen LogP contribution in [-0.2, 0) is 0 Å². The van der Waals surface area contributed by atoms with Gasteiger partial charge in [0.1, 0.15) is 0 Å². The average molecular weight is 87.2 g/mol. The van der Waals surface area contributed by atoms with E-state index < -0.39 is 0 Å². The maximum Gasteiger partial charge on any atom is 0.0202 e. The smallest absolute Gasteiger partial charge is 0.0202 e. The van der Waals surface area contributed by atoms with E-state index in [0.29, 0.717) is 0 Å². The Kier molecular flexibility index (Phi) is 0.856. The van der Waals surface area contributed by atoms with Crippen LogP contribution in [0.4, 0.5) is 0 Å². The van der Waals surface area contributed by atoms with Gasteiger partial charge in [0.05, 0.1) is 0 Å². The molecule has 1 unspecified atom stereocenters. The van der Waals surface area contributed by atoms with Crippen molar-refractivity contribution in [3.63, 3.8) is 0 Å². The van der Waals surface area contributed by atoms with E-state index in [4.69, 9.17) is 0 Å². The molecule has 0 aliphatic carbocycles. The maximum atomic E-state index is 2.26. The van der Waals surface area contributed by atoms with E-state index in [1.165, 1.54) is 5.75 Å². The van der Waals surface area contributed by atoms with Gasteiger partial charge in [-0.1, -0.05) is 6.92 Å². The zero-order valence-corrected chi connectivity index (χ0v) is 4.09. The highest BCUT2D eigenvalue weighted by molar-refractivity contribution is 8.02. The second-order valence-electron chi connectivity index (χ2n) is 1.45. The summed E-state index contributed by atoms with van der Waals surface area (Å²) in [5.41, 5.74) is 0. The fourth-order valence-corrected chi connectivity index (χ4v) is 0.866. The minimum absolute atomic E-state index is 0.903.